The van der Waals surface area contributed by atoms with Crippen molar-refractivity contribution in [1.29, 1.82) is 5.26 Å². The lowest BCUT2D eigenvalue weighted by Crippen LogP contribution is -2.52. The second-order valence-electron chi connectivity index (χ2n) is 6.51. The van der Waals surface area contributed by atoms with Crippen LogP contribution in [0.1, 0.15) is 12.5 Å². The summed E-state index contributed by atoms with van der Waals surface area (Å²) in [7, 11) is 0. The number of nitrogens with one attached hydrogen (secondary N) is 1. The molecular formula is C20H21ClN4O2. The maximum absolute atomic E-state index is 12.6. The number of carbonyl (C=O) groups is 1. The first-order chi connectivity index (χ1) is 13.0. The van der Waals surface area contributed by atoms with Gasteiger partial charge in [0.25, 0.3) is 0 Å². The number of phenols is 1. The van der Waals surface area contributed by atoms with Crippen LogP contribution >= 0.6 is 11.6 Å². The zero-order valence-electron chi connectivity index (χ0n) is 15.0. The second-order valence-corrected chi connectivity index (χ2v) is 6.92. The summed E-state index contributed by atoms with van der Waals surface area (Å²) in [6.07, 6.45) is 0. The molecule has 1 amide bonds. The van der Waals surface area contributed by atoms with Crippen molar-refractivity contribution < 1.29 is 9.90 Å². The van der Waals surface area contributed by atoms with Gasteiger partial charge in [0.05, 0.1) is 16.6 Å². The van der Waals surface area contributed by atoms with Crippen LogP contribution in [0.3, 0.4) is 0 Å². The van der Waals surface area contributed by atoms with Crippen molar-refractivity contribution in [3.8, 4) is 11.8 Å². The van der Waals surface area contributed by atoms with Crippen LogP contribution in [-0.4, -0.2) is 48.1 Å². The SMILES string of the molecule is CC(C(=O)Nc1ccc(C#N)c(Cl)c1)N1CCN(c2ccc(O)cc2)CC1. The molecule has 1 aliphatic heterocycles. The van der Waals surface area contributed by atoms with E-state index in [0.29, 0.717) is 16.3 Å². The predicted octanol–water partition coefficient (Wildman–Crippen LogP) is 3.07. The van der Waals surface area contributed by atoms with Gasteiger partial charge < -0.3 is 15.3 Å². The molecule has 2 aromatic rings. The first-order valence-corrected chi connectivity index (χ1v) is 9.14. The normalized spacial score (nSPS) is 15.8. The Balaban J connectivity index is 1.56. The minimum absolute atomic E-state index is 0.103. The molecule has 0 aliphatic carbocycles. The highest BCUT2D eigenvalue weighted by molar-refractivity contribution is 6.32. The molecule has 0 bridgehead atoms. The smallest absolute Gasteiger partial charge is 0.241 e. The maximum Gasteiger partial charge on any atom is 0.241 e. The molecule has 1 fully saturated rings. The molecule has 27 heavy (non-hydrogen) atoms. The molecule has 1 saturated heterocycles. The van der Waals surface area contributed by atoms with E-state index >= 15 is 0 Å². The predicted molar refractivity (Wildman–Crippen MR) is 106 cm³/mol. The van der Waals surface area contributed by atoms with E-state index in [9.17, 15) is 9.90 Å². The highest BCUT2D eigenvalue weighted by atomic mass is 35.5. The molecule has 0 saturated carbocycles. The Morgan fingerprint density at radius 1 is 1.19 bits per heavy atom. The quantitative estimate of drug-likeness (QED) is 0.846. The molecular weight excluding hydrogens is 364 g/mol. The number of piperazine rings is 1. The second kappa shape index (κ2) is 8.30. The zero-order valence-corrected chi connectivity index (χ0v) is 15.8. The number of nitriles is 1. The number of nitrogens with zero attached hydrogens (tertiary/aromatic N) is 3. The fourth-order valence-electron chi connectivity index (χ4n) is 3.13. The summed E-state index contributed by atoms with van der Waals surface area (Å²) in [5.41, 5.74) is 2.03. The van der Waals surface area contributed by atoms with Crippen LogP contribution in [0.2, 0.25) is 5.02 Å². The first-order valence-electron chi connectivity index (χ1n) is 8.76. The molecule has 0 aromatic heterocycles. The third-order valence-electron chi connectivity index (χ3n) is 4.81. The fraction of sp³-hybridized carbons (Fsp3) is 0.300. The van der Waals surface area contributed by atoms with E-state index in [-0.39, 0.29) is 17.7 Å². The Morgan fingerprint density at radius 2 is 1.85 bits per heavy atom. The standard InChI is InChI=1S/C20H21ClN4O2/c1-14(20(27)23-16-3-2-15(13-22)19(21)12-16)24-8-10-25(11-9-24)17-4-6-18(26)7-5-17/h2-7,12,14,26H,8-11H2,1H3,(H,23,27). The Bertz CT molecular complexity index is 855. The Morgan fingerprint density at radius 3 is 2.44 bits per heavy atom. The minimum atomic E-state index is -0.276. The number of hydrogen-bond donors (Lipinski definition) is 2. The lowest BCUT2D eigenvalue weighted by molar-refractivity contribution is -0.120. The molecule has 0 radical (unpaired) electrons. The van der Waals surface area contributed by atoms with Crippen LogP contribution < -0.4 is 10.2 Å². The summed E-state index contributed by atoms with van der Waals surface area (Å²) in [6, 6.07) is 13.7. The zero-order chi connectivity index (χ0) is 19.4. The van der Waals surface area contributed by atoms with E-state index in [0.717, 1.165) is 31.9 Å². The summed E-state index contributed by atoms with van der Waals surface area (Å²) >= 11 is 6.02. The van der Waals surface area contributed by atoms with Crippen molar-refractivity contribution in [2.24, 2.45) is 0 Å². The summed E-state index contributed by atoms with van der Waals surface area (Å²) in [5.74, 6) is 0.152. The molecule has 1 atom stereocenters. The largest absolute Gasteiger partial charge is 0.508 e. The number of anilines is 2. The number of aromatic hydroxyl groups is 1. The van der Waals surface area contributed by atoms with E-state index in [4.69, 9.17) is 16.9 Å². The van der Waals surface area contributed by atoms with Gasteiger partial charge in [-0.1, -0.05) is 11.6 Å². The number of halogens is 1. The molecule has 3 rings (SSSR count). The highest BCUT2D eigenvalue weighted by Gasteiger charge is 2.25. The van der Waals surface area contributed by atoms with E-state index < -0.39 is 0 Å². The van der Waals surface area contributed by atoms with E-state index in [1.807, 2.05) is 25.1 Å². The number of phenolic OH excluding ortho intramolecular Hbond substituents is 1. The van der Waals surface area contributed by atoms with Gasteiger partial charge in [0.15, 0.2) is 0 Å². The van der Waals surface area contributed by atoms with E-state index in [1.165, 1.54) is 0 Å². The Kier molecular flexibility index (Phi) is 5.84. The summed E-state index contributed by atoms with van der Waals surface area (Å²) in [6.45, 7) is 5.04. The van der Waals surface area contributed by atoms with Crippen molar-refractivity contribution in [2.45, 2.75) is 13.0 Å². The van der Waals surface area contributed by atoms with Gasteiger partial charge in [0.2, 0.25) is 5.91 Å². The first kappa shape index (κ1) is 19.0. The molecule has 7 heteroatoms. The molecule has 6 nitrogen and oxygen atoms in total. The average Bonchev–Trinajstić information content (AvgIpc) is 2.68. The molecule has 1 unspecified atom stereocenters. The molecule has 0 spiro atoms. The number of rotatable bonds is 4. The Hall–Kier alpha value is -2.75. The third-order valence-corrected chi connectivity index (χ3v) is 5.13. The van der Waals surface area contributed by atoms with E-state index in [1.54, 1.807) is 30.3 Å². The summed E-state index contributed by atoms with van der Waals surface area (Å²) in [5, 5.41) is 21.5. The van der Waals surface area contributed by atoms with Crippen molar-refractivity contribution in [2.75, 3.05) is 36.4 Å². The molecule has 1 aliphatic rings. The van der Waals surface area contributed by atoms with Crippen LogP contribution in [0.15, 0.2) is 42.5 Å². The van der Waals surface area contributed by atoms with Gasteiger partial charge in [-0.15, -0.1) is 0 Å². The van der Waals surface area contributed by atoms with Gasteiger partial charge in [-0.05, 0) is 49.4 Å². The van der Waals surface area contributed by atoms with Crippen molar-refractivity contribution in [1.82, 2.24) is 4.90 Å². The molecule has 2 aromatic carbocycles. The molecule has 2 N–H and O–H groups in total. The summed E-state index contributed by atoms with van der Waals surface area (Å²) in [4.78, 5) is 16.9. The van der Waals surface area contributed by atoms with Gasteiger partial charge in [-0.3, -0.25) is 9.69 Å². The maximum atomic E-state index is 12.6. The van der Waals surface area contributed by atoms with Crippen LogP contribution in [0.5, 0.6) is 5.75 Å². The van der Waals surface area contributed by atoms with E-state index in [2.05, 4.69) is 15.1 Å². The topological polar surface area (TPSA) is 79.6 Å². The number of benzene rings is 2. The fourth-order valence-corrected chi connectivity index (χ4v) is 3.35. The van der Waals surface area contributed by atoms with Gasteiger partial charge in [0.1, 0.15) is 11.8 Å². The van der Waals surface area contributed by atoms with Crippen LogP contribution in [-0.2, 0) is 4.79 Å². The number of carbonyl (C=O) groups excluding carboxylic acids is 1. The third kappa shape index (κ3) is 4.51. The van der Waals surface area contributed by atoms with Gasteiger partial charge in [-0.25, -0.2) is 0 Å². The average molecular weight is 385 g/mol. The van der Waals surface area contributed by atoms with Crippen LogP contribution in [0.4, 0.5) is 11.4 Å². The van der Waals surface area contributed by atoms with Gasteiger partial charge in [-0.2, -0.15) is 5.26 Å². The van der Waals surface area contributed by atoms with Crippen LogP contribution in [0, 0.1) is 11.3 Å². The Labute approximate surface area is 163 Å². The molecule has 140 valence electrons. The van der Waals surface area contributed by atoms with Crippen molar-refractivity contribution >= 4 is 28.9 Å². The number of hydrogen-bond acceptors (Lipinski definition) is 5. The van der Waals surface area contributed by atoms with Crippen molar-refractivity contribution in [3.63, 3.8) is 0 Å². The number of amides is 1. The van der Waals surface area contributed by atoms with Gasteiger partial charge >= 0.3 is 0 Å². The van der Waals surface area contributed by atoms with Crippen molar-refractivity contribution in [3.05, 3.63) is 53.1 Å². The highest BCUT2D eigenvalue weighted by Crippen LogP contribution is 2.22. The van der Waals surface area contributed by atoms with Crippen LogP contribution in [0.25, 0.3) is 0 Å². The lowest BCUT2D eigenvalue weighted by atomic mass is 10.1. The van der Waals surface area contributed by atoms with Gasteiger partial charge in [0, 0.05) is 37.6 Å². The monoisotopic (exact) mass is 384 g/mol. The summed E-state index contributed by atoms with van der Waals surface area (Å²) < 4.78 is 0. The minimum Gasteiger partial charge on any atom is -0.508 e. The lowest BCUT2D eigenvalue weighted by Gasteiger charge is -2.38. The molecule has 1 heterocycles.